The minimum atomic E-state index is 0.426. The van der Waals surface area contributed by atoms with Gasteiger partial charge in [-0.1, -0.05) is 37.3 Å². The molecule has 1 aromatic heterocycles. The van der Waals surface area contributed by atoms with Gasteiger partial charge >= 0.3 is 0 Å². The van der Waals surface area contributed by atoms with Crippen molar-refractivity contribution in [3.8, 4) is 0 Å². The number of hydrogen-bond donors (Lipinski definition) is 1. The molecule has 4 heteroatoms. The van der Waals surface area contributed by atoms with Crippen LogP contribution in [0, 0.1) is 5.41 Å². The quantitative estimate of drug-likeness (QED) is 0.584. The zero-order chi connectivity index (χ0) is 13.7. The predicted octanol–water partition coefficient (Wildman–Crippen LogP) is 5.10. The summed E-state index contributed by atoms with van der Waals surface area (Å²) in [5.74, 6) is 1.02. The summed E-state index contributed by atoms with van der Waals surface area (Å²) >= 11 is 12.4. The third kappa shape index (κ3) is 4.66. The summed E-state index contributed by atoms with van der Waals surface area (Å²) in [6.45, 7) is 2.17. The predicted molar refractivity (Wildman–Crippen MR) is 89.7 cm³/mol. The summed E-state index contributed by atoms with van der Waals surface area (Å²) in [7, 11) is 2.23. The SMILES string of the molecule is CN(Cc1ccc(Cl)s1)CC1(CS)CCCCCC1. The fourth-order valence-corrected chi connectivity index (χ4v) is 4.76. The van der Waals surface area contributed by atoms with Crippen molar-refractivity contribution in [2.75, 3.05) is 19.3 Å². The first kappa shape index (κ1) is 15.7. The topological polar surface area (TPSA) is 3.24 Å². The van der Waals surface area contributed by atoms with E-state index in [1.165, 1.54) is 43.4 Å². The molecular weight excluding hydrogens is 294 g/mol. The molecule has 1 aliphatic rings. The van der Waals surface area contributed by atoms with Crippen LogP contribution >= 0.6 is 35.6 Å². The summed E-state index contributed by atoms with van der Waals surface area (Å²) in [6, 6.07) is 4.14. The Hall–Kier alpha value is 0.300. The van der Waals surface area contributed by atoms with Gasteiger partial charge in [0.15, 0.2) is 0 Å². The summed E-state index contributed by atoms with van der Waals surface area (Å²) in [6.07, 6.45) is 8.23. The van der Waals surface area contributed by atoms with Gasteiger partial charge in [-0.15, -0.1) is 11.3 Å². The molecular formula is C15H24ClNS2. The molecule has 0 amide bonds. The second-order valence-electron chi connectivity index (χ2n) is 5.95. The minimum Gasteiger partial charge on any atom is -0.301 e. The smallest absolute Gasteiger partial charge is 0.0931 e. The Morgan fingerprint density at radius 2 is 1.95 bits per heavy atom. The summed E-state index contributed by atoms with van der Waals surface area (Å²) in [5, 5.41) is 0. The molecule has 1 heterocycles. The van der Waals surface area contributed by atoms with E-state index in [2.05, 4.69) is 30.6 Å². The van der Waals surface area contributed by atoms with Crippen molar-refractivity contribution < 1.29 is 0 Å². The molecule has 1 aromatic rings. The molecule has 1 nitrogen and oxygen atoms in total. The highest BCUT2D eigenvalue weighted by Crippen LogP contribution is 2.37. The Morgan fingerprint density at radius 3 is 2.47 bits per heavy atom. The Balaban J connectivity index is 1.93. The molecule has 0 radical (unpaired) electrons. The van der Waals surface area contributed by atoms with E-state index >= 15 is 0 Å². The standard InChI is InChI=1S/C15H24ClNS2/c1-17(10-13-6-7-14(16)19-13)11-15(12-18)8-4-2-3-5-9-15/h6-7,18H,2-5,8-12H2,1H3. The molecule has 1 aliphatic carbocycles. The lowest BCUT2D eigenvalue weighted by molar-refractivity contribution is 0.171. The van der Waals surface area contributed by atoms with Gasteiger partial charge in [0.25, 0.3) is 0 Å². The van der Waals surface area contributed by atoms with Crippen molar-refractivity contribution in [3.63, 3.8) is 0 Å². The van der Waals surface area contributed by atoms with Crippen molar-refractivity contribution in [1.29, 1.82) is 0 Å². The molecule has 2 rings (SSSR count). The van der Waals surface area contributed by atoms with E-state index in [0.29, 0.717) is 5.41 Å². The van der Waals surface area contributed by atoms with Crippen molar-refractivity contribution in [3.05, 3.63) is 21.3 Å². The number of halogens is 1. The van der Waals surface area contributed by atoms with Crippen LogP contribution in [0.3, 0.4) is 0 Å². The lowest BCUT2D eigenvalue weighted by Crippen LogP contribution is -2.36. The van der Waals surface area contributed by atoms with Crippen molar-refractivity contribution in [2.24, 2.45) is 5.41 Å². The number of thiophene rings is 1. The van der Waals surface area contributed by atoms with Crippen molar-refractivity contribution in [2.45, 2.75) is 45.1 Å². The maximum absolute atomic E-state index is 6.00. The molecule has 1 saturated carbocycles. The number of thiol groups is 1. The fraction of sp³-hybridized carbons (Fsp3) is 0.733. The lowest BCUT2D eigenvalue weighted by Gasteiger charge is -2.35. The van der Waals surface area contributed by atoms with Gasteiger partial charge in [0.1, 0.15) is 0 Å². The molecule has 0 spiro atoms. The zero-order valence-corrected chi connectivity index (χ0v) is 14.2. The van der Waals surface area contributed by atoms with Gasteiger partial charge in [-0.2, -0.15) is 12.6 Å². The van der Waals surface area contributed by atoms with E-state index in [9.17, 15) is 0 Å². The zero-order valence-electron chi connectivity index (χ0n) is 11.7. The maximum Gasteiger partial charge on any atom is 0.0931 e. The second kappa shape index (κ2) is 7.35. The van der Waals surface area contributed by atoms with E-state index in [4.69, 9.17) is 11.6 Å². The molecule has 0 bridgehead atoms. The maximum atomic E-state index is 6.00. The van der Waals surface area contributed by atoms with Crippen LogP contribution in [0.5, 0.6) is 0 Å². The van der Waals surface area contributed by atoms with E-state index in [1.54, 1.807) is 11.3 Å². The average Bonchev–Trinajstić information content (AvgIpc) is 2.65. The number of hydrogen-bond acceptors (Lipinski definition) is 3. The molecule has 0 unspecified atom stereocenters. The molecule has 1 fully saturated rings. The van der Waals surface area contributed by atoms with Crippen LogP contribution in [0.2, 0.25) is 4.34 Å². The minimum absolute atomic E-state index is 0.426. The normalized spacial score (nSPS) is 19.6. The van der Waals surface area contributed by atoms with Gasteiger partial charge in [-0.3, -0.25) is 0 Å². The largest absolute Gasteiger partial charge is 0.301 e. The van der Waals surface area contributed by atoms with Crippen LogP contribution in [0.15, 0.2) is 12.1 Å². The number of rotatable bonds is 5. The summed E-state index contributed by atoms with van der Waals surface area (Å²) < 4.78 is 0.891. The Labute approximate surface area is 131 Å². The van der Waals surface area contributed by atoms with Gasteiger partial charge in [0.2, 0.25) is 0 Å². The first-order chi connectivity index (χ1) is 9.13. The van der Waals surface area contributed by atoms with E-state index in [0.717, 1.165) is 23.2 Å². The van der Waals surface area contributed by atoms with Gasteiger partial charge in [0.05, 0.1) is 4.34 Å². The average molecular weight is 318 g/mol. The van der Waals surface area contributed by atoms with Crippen molar-refractivity contribution >= 4 is 35.6 Å². The lowest BCUT2D eigenvalue weighted by atomic mass is 9.82. The van der Waals surface area contributed by atoms with Gasteiger partial charge < -0.3 is 4.90 Å². The third-order valence-electron chi connectivity index (χ3n) is 4.16. The molecule has 0 aromatic carbocycles. The van der Waals surface area contributed by atoms with Crippen molar-refractivity contribution in [1.82, 2.24) is 4.90 Å². The third-order valence-corrected chi connectivity index (χ3v) is 6.05. The highest BCUT2D eigenvalue weighted by Gasteiger charge is 2.30. The molecule has 0 N–H and O–H groups in total. The molecule has 108 valence electrons. The first-order valence-electron chi connectivity index (χ1n) is 7.17. The van der Waals surface area contributed by atoms with Gasteiger partial charge in [0, 0.05) is 18.0 Å². The van der Waals surface area contributed by atoms with Crippen LogP contribution in [-0.4, -0.2) is 24.2 Å². The number of nitrogens with zero attached hydrogens (tertiary/aromatic N) is 1. The second-order valence-corrected chi connectivity index (χ2v) is 8.07. The molecule has 19 heavy (non-hydrogen) atoms. The summed E-state index contributed by atoms with van der Waals surface area (Å²) in [5.41, 5.74) is 0.426. The highest BCUT2D eigenvalue weighted by molar-refractivity contribution is 7.80. The van der Waals surface area contributed by atoms with E-state index in [-0.39, 0.29) is 0 Å². The van der Waals surface area contributed by atoms with Gasteiger partial charge in [-0.25, -0.2) is 0 Å². The Bertz CT molecular complexity index is 383. The monoisotopic (exact) mass is 317 g/mol. The summed E-state index contributed by atoms with van der Waals surface area (Å²) in [4.78, 5) is 3.81. The van der Waals surface area contributed by atoms with Crippen LogP contribution in [0.1, 0.15) is 43.4 Å². The molecule has 0 aliphatic heterocycles. The van der Waals surface area contributed by atoms with Crippen LogP contribution < -0.4 is 0 Å². The van der Waals surface area contributed by atoms with E-state index < -0.39 is 0 Å². The Kier molecular flexibility index (Phi) is 6.07. The van der Waals surface area contributed by atoms with Crippen LogP contribution in [-0.2, 0) is 6.54 Å². The van der Waals surface area contributed by atoms with Gasteiger partial charge in [-0.05, 0) is 43.2 Å². The first-order valence-corrected chi connectivity index (χ1v) is 9.00. The van der Waals surface area contributed by atoms with Crippen LogP contribution in [0.25, 0.3) is 0 Å². The fourth-order valence-electron chi connectivity index (χ4n) is 3.18. The van der Waals surface area contributed by atoms with Crippen LogP contribution in [0.4, 0.5) is 0 Å². The Morgan fingerprint density at radius 1 is 1.26 bits per heavy atom. The molecule has 0 saturated heterocycles. The highest BCUT2D eigenvalue weighted by atomic mass is 35.5. The molecule has 0 atom stereocenters. The van der Waals surface area contributed by atoms with E-state index in [1.807, 2.05) is 6.07 Å².